The Morgan fingerprint density at radius 3 is 2.43 bits per heavy atom. The van der Waals surface area contributed by atoms with Gasteiger partial charge in [-0.2, -0.15) is 0 Å². The summed E-state index contributed by atoms with van der Waals surface area (Å²) in [5.74, 6) is -1.40. The van der Waals surface area contributed by atoms with Crippen molar-refractivity contribution < 1.29 is 14.7 Å². The lowest BCUT2D eigenvalue weighted by atomic mass is 9.95. The maximum absolute atomic E-state index is 12.6. The Morgan fingerprint density at radius 1 is 1.14 bits per heavy atom. The van der Waals surface area contributed by atoms with Crippen molar-refractivity contribution in [2.24, 2.45) is 5.73 Å². The lowest BCUT2D eigenvalue weighted by Crippen LogP contribution is -2.20. The summed E-state index contributed by atoms with van der Waals surface area (Å²) >= 11 is 0. The van der Waals surface area contributed by atoms with E-state index in [1.165, 1.54) is 10.9 Å². The van der Waals surface area contributed by atoms with E-state index in [-0.39, 0.29) is 23.4 Å². The Balaban J connectivity index is 1.69. The fourth-order valence-electron chi connectivity index (χ4n) is 3.12. The van der Waals surface area contributed by atoms with Gasteiger partial charge in [0.2, 0.25) is 11.8 Å². The molecule has 7 nitrogen and oxygen atoms in total. The Kier molecular flexibility index (Phi) is 5.74. The fourth-order valence-corrected chi connectivity index (χ4v) is 3.12. The number of aromatic nitrogens is 2. The zero-order chi connectivity index (χ0) is 20.1. The van der Waals surface area contributed by atoms with Crippen molar-refractivity contribution >= 4 is 17.5 Å². The highest BCUT2D eigenvalue weighted by molar-refractivity contribution is 5.96. The molecule has 0 aliphatic rings. The maximum Gasteiger partial charge on any atom is 0.271 e. The number of hydrogen-bond donors (Lipinski definition) is 3. The second-order valence-electron chi connectivity index (χ2n) is 6.47. The number of rotatable bonds is 7. The van der Waals surface area contributed by atoms with E-state index in [4.69, 9.17) is 5.73 Å². The van der Waals surface area contributed by atoms with Crippen LogP contribution < -0.4 is 11.1 Å². The number of nitrogens with one attached hydrogen (secondary N) is 1. The minimum Gasteiger partial charge on any atom is -0.492 e. The predicted octanol–water partition coefficient (Wildman–Crippen LogP) is 2.87. The molecule has 0 aliphatic heterocycles. The molecule has 144 valence electrons. The summed E-state index contributed by atoms with van der Waals surface area (Å²) in [4.78, 5) is 27.8. The van der Waals surface area contributed by atoms with Crippen LogP contribution in [-0.4, -0.2) is 26.5 Å². The monoisotopic (exact) mass is 378 g/mol. The number of hydrogen-bond acceptors (Lipinski definition) is 4. The first-order chi connectivity index (χ1) is 13.5. The van der Waals surface area contributed by atoms with Gasteiger partial charge in [0.05, 0.1) is 12.2 Å². The standard InChI is InChI=1S/C21H22N4O3/c1-2-17(15-6-4-3-5-7-15)20(27)24-16-10-8-14(9-11-16)12-25-13-23-21(28)18(25)19(22)26/h3-11,13,17,28H,2,12H2,1H3,(H2,22,26)(H,24,27). The summed E-state index contributed by atoms with van der Waals surface area (Å²) in [6.07, 6.45) is 2.06. The van der Waals surface area contributed by atoms with Gasteiger partial charge in [-0.05, 0) is 29.7 Å². The molecule has 0 saturated heterocycles. The number of nitrogens with two attached hydrogens (primary N) is 1. The molecule has 2 amide bonds. The number of imidazole rings is 1. The van der Waals surface area contributed by atoms with E-state index in [1.54, 1.807) is 12.1 Å². The largest absolute Gasteiger partial charge is 0.492 e. The predicted molar refractivity (Wildman–Crippen MR) is 106 cm³/mol. The number of primary amides is 1. The Labute approximate surface area is 162 Å². The van der Waals surface area contributed by atoms with E-state index in [0.717, 1.165) is 11.1 Å². The zero-order valence-electron chi connectivity index (χ0n) is 15.5. The van der Waals surface area contributed by atoms with Gasteiger partial charge >= 0.3 is 0 Å². The van der Waals surface area contributed by atoms with Crippen molar-refractivity contribution in [3.05, 3.63) is 77.7 Å². The minimum atomic E-state index is -0.745. The van der Waals surface area contributed by atoms with Crippen molar-refractivity contribution in [1.29, 1.82) is 0 Å². The first kappa shape index (κ1) is 19.2. The molecule has 0 saturated carbocycles. The van der Waals surface area contributed by atoms with Crippen LogP contribution in [0.15, 0.2) is 60.9 Å². The molecule has 0 spiro atoms. The Morgan fingerprint density at radius 2 is 1.82 bits per heavy atom. The second-order valence-corrected chi connectivity index (χ2v) is 6.47. The average Bonchev–Trinajstić information content (AvgIpc) is 3.05. The van der Waals surface area contributed by atoms with Crippen LogP contribution in [0.5, 0.6) is 5.88 Å². The Bertz CT molecular complexity index is 965. The van der Waals surface area contributed by atoms with E-state index >= 15 is 0 Å². The summed E-state index contributed by atoms with van der Waals surface area (Å²) in [6.45, 7) is 2.30. The average molecular weight is 378 g/mol. The first-order valence-corrected chi connectivity index (χ1v) is 8.98. The van der Waals surface area contributed by atoms with Crippen molar-refractivity contribution in [2.75, 3.05) is 5.32 Å². The van der Waals surface area contributed by atoms with Crippen LogP contribution in [0.1, 0.15) is 40.9 Å². The van der Waals surface area contributed by atoms with E-state index in [0.29, 0.717) is 18.7 Å². The van der Waals surface area contributed by atoms with Crippen molar-refractivity contribution in [3.8, 4) is 5.88 Å². The molecular formula is C21H22N4O3. The van der Waals surface area contributed by atoms with Gasteiger partial charge in [-0.25, -0.2) is 4.98 Å². The highest BCUT2D eigenvalue weighted by atomic mass is 16.3. The van der Waals surface area contributed by atoms with Crippen LogP contribution in [0.4, 0.5) is 5.69 Å². The molecule has 4 N–H and O–H groups in total. The van der Waals surface area contributed by atoms with E-state index in [2.05, 4.69) is 10.3 Å². The normalized spacial score (nSPS) is 11.8. The third-order valence-corrected chi connectivity index (χ3v) is 4.55. The number of nitrogens with zero attached hydrogens (tertiary/aromatic N) is 2. The molecule has 0 fully saturated rings. The van der Waals surface area contributed by atoms with E-state index in [9.17, 15) is 14.7 Å². The molecule has 28 heavy (non-hydrogen) atoms. The van der Waals surface area contributed by atoms with Crippen LogP contribution in [0, 0.1) is 0 Å². The molecule has 1 heterocycles. The molecule has 0 bridgehead atoms. The number of benzene rings is 2. The quantitative estimate of drug-likeness (QED) is 0.587. The van der Waals surface area contributed by atoms with Gasteiger partial charge in [0, 0.05) is 12.2 Å². The molecule has 2 aromatic carbocycles. The SMILES string of the molecule is CCC(C(=O)Nc1ccc(Cn2cnc(O)c2C(N)=O)cc1)c1ccccc1. The van der Waals surface area contributed by atoms with Crippen molar-refractivity contribution in [1.82, 2.24) is 9.55 Å². The Hall–Kier alpha value is -3.61. The van der Waals surface area contributed by atoms with Gasteiger partial charge in [-0.15, -0.1) is 0 Å². The lowest BCUT2D eigenvalue weighted by Gasteiger charge is -2.15. The van der Waals surface area contributed by atoms with Crippen LogP contribution in [-0.2, 0) is 11.3 Å². The van der Waals surface area contributed by atoms with Crippen LogP contribution in [0.25, 0.3) is 0 Å². The summed E-state index contributed by atoms with van der Waals surface area (Å²) in [7, 11) is 0. The lowest BCUT2D eigenvalue weighted by molar-refractivity contribution is -0.117. The first-order valence-electron chi connectivity index (χ1n) is 8.98. The van der Waals surface area contributed by atoms with Crippen LogP contribution in [0.3, 0.4) is 0 Å². The maximum atomic E-state index is 12.6. The highest BCUT2D eigenvalue weighted by Crippen LogP contribution is 2.22. The minimum absolute atomic E-state index is 0.0361. The number of aromatic hydroxyl groups is 1. The fraction of sp³-hybridized carbons (Fsp3) is 0.190. The third-order valence-electron chi connectivity index (χ3n) is 4.55. The molecule has 3 rings (SSSR count). The molecule has 1 atom stereocenters. The van der Waals surface area contributed by atoms with Crippen molar-refractivity contribution in [3.63, 3.8) is 0 Å². The number of carbonyl (C=O) groups is 2. The van der Waals surface area contributed by atoms with Gasteiger partial charge in [-0.3, -0.25) is 9.59 Å². The second kappa shape index (κ2) is 8.39. The third kappa shape index (κ3) is 4.20. The van der Waals surface area contributed by atoms with E-state index in [1.807, 2.05) is 49.4 Å². The van der Waals surface area contributed by atoms with Crippen LogP contribution in [0.2, 0.25) is 0 Å². The van der Waals surface area contributed by atoms with Gasteiger partial charge in [0.1, 0.15) is 0 Å². The van der Waals surface area contributed by atoms with Gasteiger partial charge in [0.25, 0.3) is 5.91 Å². The topological polar surface area (TPSA) is 110 Å². The zero-order valence-corrected chi connectivity index (χ0v) is 15.5. The molecule has 1 aromatic heterocycles. The number of anilines is 1. The van der Waals surface area contributed by atoms with Gasteiger partial charge in [-0.1, -0.05) is 49.4 Å². The molecular weight excluding hydrogens is 356 g/mol. The summed E-state index contributed by atoms with van der Waals surface area (Å²) in [5, 5.41) is 12.6. The number of amides is 2. The summed E-state index contributed by atoms with van der Waals surface area (Å²) in [6, 6.07) is 16.9. The van der Waals surface area contributed by atoms with Crippen molar-refractivity contribution in [2.45, 2.75) is 25.8 Å². The summed E-state index contributed by atoms with van der Waals surface area (Å²) < 4.78 is 1.48. The molecule has 3 aromatic rings. The van der Waals surface area contributed by atoms with Gasteiger partial charge < -0.3 is 20.7 Å². The summed E-state index contributed by atoms with van der Waals surface area (Å²) in [5.41, 5.74) is 7.78. The smallest absolute Gasteiger partial charge is 0.271 e. The van der Waals surface area contributed by atoms with E-state index < -0.39 is 5.91 Å². The van der Waals surface area contributed by atoms with Gasteiger partial charge in [0.15, 0.2) is 5.69 Å². The molecule has 7 heteroatoms. The molecule has 0 aliphatic carbocycles. The molecule has 0 radical (unpaired) electrons. The molecule has 1 unspecified atom stereocenters. The number of carbonyl (C=O) groups excluding carboxylic acids is 2. The van der Waals surface area contributed by atoms with Crippen LogP contribution >= 0.6 is 0 Å². The highest BCUT2D eigenvalue weighted by Gasteiger charge is 2.19.